The third kappa shape index (κ3) is 5.17. The van der Waals surface area contributed by atoms with E-state index < -0.39 is 28.7 Å². The van der Waals surface area contributed by atoms with Crippen molar-refractivity contribution in [2.24, 2.45) is 7.05 Å². The number of nitrogens with zero attached hydrogens (tertiary/aromatic N) is 4. The summed E-state index contributed by atoms with van der Waals surface area (Å²) in [5, 5.41) is 18.3. The van der Waals surface area contributed by atoms with Crippen LogP contribution in [0.1, 0.15) is 68.1 Å². The molecule has 3 aromatic rings. The largest absolute Gasteiger partial charge is 0.760 e. The Hall–Kier alpha value is -2.33. The SMILES string of the molecule is Cn1nnc2cc(C(CC(=O)O)c3ccc(Cl)c(CN(S(=O)[O-])C4(C)CCCCC4)c3)ccc21. The van der Waals surface area contributed by atoms with Crippen LogP contribution in [0.4, 0.5) is 0 Å². The van der Waals surface area contributed by atoms with Crippen LogP contribution in [-0.4, -0.2) is 44.7 Å². The maximum absolute atomic E-state index is 12.2. The molecule has 1 aromatic heterocycles. The van der Waals surface area contributed by atoms with Gasteiger partial charge < -0.3 is 9.66 Å². The van der Waals surface area contributed by atoms with Gasteiger partial charge in [0.15, 0.2) is 0 Å². The van der Waals surface area contributed by atoms with E-state index in [2.05, 4.69) is 10.3 Å². The molecule has 0 spiro atoms. The highest BCUT2D eigenvalue weighted by Crippen LogP contribution is 2.37. The molecular formula is C24H28ClN4O4S-. The van der Waals surface area contributed by atoms with E-state index in [9.17, 15) is 18.7 Å². The number of carbonyl (C=O) groups is 1. The molecule has 0 saturated heterocycles. The van der Waals surface area contributed by atoms with Gasteiger partial charge in [-0.05, 0) is 54.7 Å². The van der Waals surface area contributed by atoms with Gasteiger partial charge in [0.05, 0.1) is 11.9 Å². The molecular weight excluding hydrogens is 476 g/mol. The molecule has 34 heavy (non-hydrogen) atoms. The van der Waals surface area contributed by atoms with Crippen LogP contribution in [0.5, 0.6) is 0 Å². The topological polar surface area (TPSA) is 111 Å². The lowest BCUT2D eigenvalue weighted by molar-refractivity contribution is -0.137. The maximum Gasteiger partial charge on any atom is 0.304 e. The smallest absolute Gasteiger partial charge is 0.304 e. The summed E-state index contributed by atoms with van der Waals surface area (Å²) in [5.41, 5.74) is 3.29. The Morgan fingerprint density at radius 1 is 1.24 bits per heavy atom. The molecule has 2 aromatic carbocycles. The second kappa shape index (κ2) is 10.1. The van der Waals surface area contributed by atoms with E-state index in [1.807, 2.05) is 31.2 Å². The number of rotatable bonds is 8. The maximum atomic E-state index is 12.2. The lowest BCUT2D eigenvalue weighted by Gasteiger charge is -2.44. The molecule has 10 heteroatoms. The predicted octanol–water partition coefficient (Wildman–Crippen LogP) is 4.55. The highest BCUT2D eigenvalue weighted by molar-refractivity contribution is 7.76. The van der Waals surface area contributed by atoms with Gasteiger partial charge in [-0.1, -0.05) is 54.3 Å². The van der Waals surface area contributed by atoms with Crippen molar-refractivity contribution < 1.29 is 18.7 Å². The fourth-order valence-corrected chi connectivity index (χ4v) is 5.92. The molecule has 1 N–H and O–H groups in total. The van der Waals surface area contributed by atoms with Crippen LogP contribution in [-0.2, 0) is 29.7 Å². The van der Waals surface area contributed by atoms with Crippen molar-refractivity contribution in [3.8, 4) is 0 Å². The number of carboxylic acids is 1. The summed E-state index contributed by atoms with van der Waals surface area (Å²) in [4.78, 5) is 11.7. The highest BCUT2D eigenvalue weighted by atomic mass is 35.5. The summed E-state index contributed by atoms with van der Waals surface area (Å²) in [6.07, 6.45) is 4.57. The molecule has 1 saturated carbocycles. The summed E-state index contributed by atoms with van der Waals surface area (Å²) < 4.78 is 27.6. The quantitative estimate of drug-likeness (QED) is 0.451. The van der Waals surface area contributed by atoms with Crippen LogP contribution in [0.25, 0.3) is 11.0 Å². The number of benzene rings is 2. The Morgan fingerprint density at radius 3 is 2.59 bits per heavy atom. The number of fused-ring (bicyclic) bond motifs is 1. The number of carboxylic acid groups (broad SMARTS) is 1. The average Bonchev–Trinajstić information content (AvgIpc) is 3.17. The zero-order valence-electron chi connectivity index (χ0n) is 19.2. The van der Waals surface area contributed by atoms with Crippen molar-refractivity contribution in [3.63, 3.8) is 0 Å². The minimum Gasteiger partial charge on any atom is -0.760 e. The molecule has 0 amide bonds. The summed E-state index contributed by atoms with van der Waals surface area (Å²) in [5.74, 6) is -1.38. The zero-order chi connectivity index (χ0) is 24.5. The van der Waals surface area contributed by atoms with Gasteiger partial charge in [-0.25, -0.2) is 8.99 Å². The van der Waals surface area contributed by atoms with Crippen LogP contribution in [0.15, 0.2) is 36.4 Å². The van der Waals surface area contributed by atoms with Gasteiger partial charge in [0.25, 0.3) is 0 Å². The zero-order valence-corrected chi connectivity index (χ0v) is 20.8. The van der Waals surface area contributed by atoms with Gasteiger partial charge in [-0.2, -0.15) is 0 Å². The second-order valence-electron chi connectivity index (χ2n) is 9.27. The molecule has 1 aliphatic rings. The van der Waals surface area contributed by atoms with Gasteiger partial charge in [0, 0.05) is 41.3 Å². The molecule has 2 atom stereocenters. The third-order valence-corrected chi connectivity index (χ3v) is 8.21. The molecule has 0 bridgehead atoms. The Morgan fingerprint density at radius 2 is 1.91 bits per heavy atom. The monoisotopic (exact) mass is 503 g/mol. The second-order valence-corrected chi connectivity index (χ2v) is 10.6. The van der Waals surface area contributed by atoms with E-state index in [0.29, 0.717) is 16.1 Å². The minimum absolute atomic E-state index is 0.123. The standard InChI is InChI=1S/C24H29ClN4O4S/c1-24(10-4-3-5-11-24)29(34(32)33)15-18-12-16(6-8-20(18)25)19(14-23(30)31)17-7-9-22-21(13-17)26-27-28(22)2/h6-9,12-13,19H,3-5,10-11,14-15H2,1-2H3,(H,30,31)(H,32,33)/p-1. The molecule has 0 aliphatic heterocycles. The molecule has 1 aliphatic carbocycles. The Bertz CT molecular complexity index is 1220. The number of hydrogen-bond donors (Lipinski definition) is 1. The fraction of sp³-hybridized carbons (Fsp3) is 0.458. The number of halogens is 1. The Balaban J connectivity index is 1.70. The van der Waals surface area contributed by atoms with Crippen LogP contribution in [0, 0.1) is 0 Å². The van der Waals surface area contributed by atoms with Crippen LogP contribution < -0.4 is 0 Å². The first-order valence-electron chi connectivity index (χ1n) is 11.3. The van der Waals surface area contributed by atoms with Gasteiger partial charge in [-0.3, -0.25) is 9.00 Å². The van der Waals surface area contributed by atoms with Gasteiger partial charge in [-0.15, -0.1) is 5.10 Å². The van der Waals surface area contributed by atoms with E-state index in [1.165, 1.54) is 4.31 Å². The Kier molecular flexibility index (Phi) is 7.37. The van der Waals surface area contributed by atoms with Gasteiger partial charge >= 0.3 is 5.97 Å². The van der Waals surface area contributed by atoms with Crippen LogP contribution >= 0.6 is 11.6 Å². The van der Waals surface area contributed by atoms with Gasteiger partial charge in [0.2, 0.25) is 0 Å². The van der Waals surface area contributed by atoms with Crippen molar-refractivity contribution in [2.45, 2.75) is 63.5 Å². The number of hydrogen-bond acceptors (Lipinski definition) is 5. The van der Waals surface area contributed by atoms with Crippen LogP contribution in [0.2, 0.25) is 5.02 Å². The summed E-state index contributed by atoms with van der Waals surface area (Å²) >= 11 is 4.09. The van der Waals surface area contributed by atoms with Crippen molar-refractivity contribution in [1.82, 2.24) is 19.3 Å². The van der Waals surface area contributed by atoms with Crippen molar-refractivity contribution >= 4 is 39.9 Å². The molecule has 4 rings (SSSR count). The normalized spacial score (nSPS) is 17.7. The summed E-state index contributed by atoms with van der Waals surface area (Å²) in [6, 6.07) is 11.0. The molecule has 1 heterocycles. The van der Waals surface area contributed by atoms with E-state index in [1.54, 1.807) is 23.9 Å². The highest BCUT2D eigenvalue weighted by Gasteiger charge is 2.34. The molecule has 0 radical (unpaired) electrons. The first-order valence-corrected chi connectivity index (χ1v) is 12.8. The first-order chi connectivity index (χ1) is 16.2. The third-order valence-electron chi connectivity index (χ3n) is 6.91. The number of aromatic nitrogens is 3. The van der Waals surface area contributed by atoms with Crippen molar-refractivity contribution in [1.29, 1.82) is 0 Å². The van der Waals surface area contributed by atoms with Gasteiger partial charge in [0.1, 0.15) is 5.52 Å². The Labute approximate surface area is 206 Å². The first kappa shape index (κ1) is 24.8. The fourth-order valence-electron chi connectivity index (χ4n) is 4.95. The van der Waals surface area contributed by atoms with E-state index in [4.69, 9.17) is 11.6 Å². The molecule has 2 unspecified atom stereocenters. The number of aryl methyl sites for hydroxylation is 1. The lowest BCUT2D eigenvalue weighted by atomic mass is 9.83. The number of aliphatic carboxylic acids is 1. The van der Waals surface area contributed by atoms with E-state index in [0.717, 1.165) is 48.7 Å². The molecule has 8 nitrogen and oxygen atoms in total. The van der Waals surface area contributed by atoms with E-state index in [-0.39, 0.29) is 13.0 Å². The van der Waals surface area contributed by atoms with Crippen molar-refractivity contribution in [2.75, 3.05) is 0 Å². The average molecular weight is 504 g/mol. The van der Waals surface area contributed by atoms with Crippen LogP contribution in [0.3, 0.4) is 0 Å². The van der Waals surface area contributed by atoms with E-state index >= 15 is 0 Å². The van der Waals surface area contributed by atoms with Crippen molar-refractivity contribution in [3.05, 3.63) is 58.1 Å². The lowest BCUT2D eigenvalue weighted by Crippen LogP contribution is -2.48. The molecule has 1 fully saturated rings. The minimum atomic E-state index is -2.41. The molecule has 182 valence electrons. The summed E-state index contributed by atoms with van der Waals surface area (Å²) in [6.45, 7) is 2.13. The summed E-state index contributed by atoms with van der Waals surface area (Å²) in [7, 11) is 1.80. The predicted molar refractivity (Wildman–Crippen MR) is 130 cm³/mol.